The summed E-state index contributed by atoms with van der Waals surface area (Å²) < 4.78 is 2.06. The highest BCUT2D eigenvalue weighted by molar-refractivity contribution is 6.06. The summed E-state index contributed by atoms with van der Waals surface area (Å²) in [6, 6.07) is 17.3. The first-order valence-corrected chi connectivity index (χ1v) is 10.5. The lowest BCUT2D eigenvalue weighted by molar-refractivity contribution is -0.222. The number of aromatic nitrogens is 1. The minimum atomic E-state index is -0.767. The van der Waals surface area contributed by atoms with Crippen LogP contribution in [0.2, 0.25) is 0 Å². The number of hydrogen-bond acceptors (Lipinski definition) is 3. The van der Waals surface area contributed by atoms with Gasteiger partial charge in [0.25, 0.3) is 5.91 Å². The molecule has 0 radical (unpaired) electrons. The summed E-state index contributed by atoms with van der Waals surface area (Å²) in [7, 11) is 0. The third-order valence-corrected chi connectivity index (χ3v) is 7.42. The monoisotopic (exact) mass is 413 g/mol. The van der Waals surface area contributed by atoms with Crippen LogP contribution in [0.15, 0.2) is 54.7 Å². The molecule has 1 aromatic heterocycles. The average Bonchev–Trinajstić information content (AvgIpc) is 3.15. The lowest BCUT2D eigenvalue weighted by Gasteiger charge is -2.75. The van der Waals surface area contributed by atoms with E-state index >= 15 is 0 Å². The third-order valence-electron chi connectivity index (χ3n) is 7.42. The molecule has 3 fully saturated rings. The van der Waals surface area contributed by atoms with Crippen molar-refractivity contribution in [2.45, 2.75) is 38.3 Å². The van der Waals surface area contributed by atoms with E-state index in [-0.39, 0.29) is 29.2 Å². The highest BCUT2D eigenvalue weighted by atomic mass is 16.4. The van der Waals surface area contributed by atoms with Gasteiger partial charge in [0.2, 0.25) is 0 Å². The number of aliphatic carboxylic acids is 1. The third kappa shape index (κ3) is 2.92. The van der Waals surface area contributed by atoms with Crippen LogP contribution < -0.4 is 5.32 Å². The van der Waals surface area contributed by atoms with E-state index in [2.05, 4.69) is 16.0 Å². The van der Waals surface area contributed by atoms with Crippen molar-refractivity contribution >= 4 is 22.8 Å². The number of nitrogens with zero attached hydrogens (tertiary/aromatic N) is 2. The first-order valence-electron chi connectivity index (χ1n) is 10.5. The van der Waals surface area contributed by atoms with E-state index in [4.69, 9.17) is 5.26 Å². The molecule has 1 amide bonds. The zero-order chi connectivity index (χ0) is 21.8. The predicted molar refractivity (Wildman–Crippen MR) is 115 cm³/mol. The van der Waals surface area contributed by atoms with Crippen LogP contribution >= 0.6 is 0 Å². The van der Waals surface area contributed by atoms with Crippen LogP contribution in [-0.2, 0) is 11.3 Å². The van der Waals surface area contributed by atoms with Crippen molar-refractivity contribution < 1.29 is 14.7 Å². The van der Waals surface area contributed by atoms with E-state index in [1.807, 2.05) is 49.5 Å². The molecule has 0 unspecified atom stereocenters. The van der Waals surface area contributed by atoms with Crippen molar-refractivity contribution in [3.05, 3.63) is 71.4 Å². The standard InChI is InChI=1S/C25H23N3O3/c1-16-24(11-21(29)30)14-25(16,15-24)27-23(31)20-4-2-3-19-9-10-28(22(19)20)13-18-7-5-17(12-26)6-8-18/h2-10,16H,11,13-15H2,1H3,(H,27,31)(H,29,30)/t16-,24?,25?/m0/s1. The number of benzene rings is 2. The number of nitriles is 1. The molecule has 2 bridgehead atoms. The van der Waals surface area contributed by atoms with E-state index in [0.717, 1.165) is 29.3 Å². The van der Waals surface area contributed by atoms with Gasteiger partial charge in [-0.3, -0.25) is 9.59 Å². The Labute approximate surface area is 180 Å². The number of para-hydroxylation sites is 1. The van der Waals surface area contributed by atoms with Gasteiger partial charge in [0.15, 0.2) is 0 Å². The zero-order valence-corrected chi connectivity index (χ0v) is 17.3. The van der Waals surface area contributed by atoms with Gasteiger partial charge in [-0.1, -0.05) is 31.2 Å². The summed E-state index contributed by atoms with van der Waals surface area (Å²) in [5, 5.41) is 22.4. The maximum absolute atomic E-state index is 13.3. The second-order valence-electron chi connectivity index (χ2n) is 9.11. The predicted octanol–water partition coefficient (Wildman–Crippen LogP) is 3.93. The van der Waals surface area contributed by atoms with Gasteiger partial charge < -0.3 is 15.0 Å². The molecule has 6 rings (SSSR count). The number of hydrogen-bond donors (Lipinski definition) is 2. The SMILES string of the molecule is C[C@H]1C2(CC(=O)O)CC1(NC(=O)c1cccc3ccn(Cc4ccc(C#N)cc4)c13)C2. The van der Waals surface area contributed by atoms with Gasteiger partial charge in [-0.25, -0.2) is 0 Å². The summed E-state index contributed by atoms with van der Waals surface area (Å²) in [6.07, 6.45) is 3.63. The van der Waals surface area contributed by atoms with Crippen LogP contribution in [0.1, 0.15) is 47.7 Å². The minimum absolute atomic E-state index is 0.110. The lowest BCUT2D eigenvalue weighted by atomic mass is 9.32. The number of carbonyl (C=O) groups is 2. The molecule has 6 heteroatoms. The number of rotatable bonds is 6. The Kier molecular flexibility index (Phi) is 4.19. The summed E-state index contributed by atoms with van der Waals surface area (Å²) in [6.45, 7) is 2.65. The van der Waals surface area contributed by atoms with Crippen molar-refractivity contribution in [1.82, 2.24) is 9.88 Å². The summed E-state index contributed by atoms with van der Waals surface area (Å²) in [4.78, 5) is 24.4. The molecule has 6 nitrogen and oxygen atoms in total. The Morgan fingerprint density at radius 1 is 1.19 bits per heavy atom. The van der Waals surface area contributed by atoms with Gasteiger partial charge in [-0.15, -0.1) is 0 Å². The maximum atomic E-state index is 13.3. The van der Waals surface area contributed by atoms with E-state index in [1.165, 1.54) is 0 Å². The Morgan fingerprint density at radius 3 is 2.58 bits per heavy atom. The Bertz CT molecular complexity index is 1240. The molecule has 2 aromatic carbocycles. The van der Waals surface area contributed by atoms with Gasteiger partial charge in [-0.05, 0) is 54.0 Å². The summed E-state index contributed by atoms with van der Waals surface area (Å²) >= 11 is 0. The molecule has 1 atom stereocenters. The number of fused-ring (bicyclic) bond motifs is 1. The molecule has 0 aliphatic heterocycles. The molecule has 0 saturated heterocycles. The van der Waals surface area contributed by atoms with Gasteiger partial charge >= 0.3 is 5.97 Å². The number of nitrogens with one attached hydrogen (secondary N) is 1. The van der Waals surface area contributed by atoms with E-state index < -0.39 is 5.97 Å². The molecular weight excluding hydrogens is 390 g/mol. The minimum Gasteiger partial charge on any atom is -0.481 e. The smallest absolute Gasteiger partial charge is 0.303 e. The van der Waals surface area contributed by atoms with Crippen molar-refractivity contribution in [3.8, 4) is 6.07 Å². The zero-order valence-electron chi connectivity index (χ0n) is 17.3. The van der Waals surface area contributed by atoms with E-state index in [9.17, 15) is 14.7 Å². The highest BCUT2D eigenvalue weighted by Crippen LogP contribution is 2.72. The fourth-order valence-corrected chi connectivity index (χ4v) is 5.67. The largest absolute Gasteiger partial charge is 0.481 e. The highest BCUT2D eigenvalue weighted by Gasteiger charge is 2.74. The van der Waals surface area contributed by atoms with Crippen LogP contribution in [0.5, 0.6) is 0 Å². The number of carboxylic acid groups (broad SMARTS) is 1. The molecule has 3 aliphatic carbocycles. The lowest BCUT2D eigenvalue weighted by Crippen LogP contribution is -2.81. The topological polar surface area (TPSA) is 95.1 Å². The maximum Gasteiger partial charge on any atom is 0.303 e. The molecule has 1 heterocycles. The van der Waals surface area contributed by atoms with Crippen molar-refractivity contribution in [2.24, 2.45) is 11.3 Å². The first kappa shape index (κ1) is 19.4. The van der Waals surface area contributed by atoms with Crippen LogP contribution in [0, 0.1) is 22.7 Å². The fraction of sp³-hybridized carbons (Fsp3) is 0.320. The summed E-state index contributed by atoms with van der Waals surface area (Å²) in [5.74, 6) is -0.706. The Morgan fingerprint density at radius 2 is 1.94 bits per heavy atom. The van der Waals surface area contributed by atoms with Gasteiger partial charge in [0, 0.05) is 23.7 Å². The van der Waals surface area contributed by atoms with Crippen LogP contribution in [0.25, 0.3) is 10.9 Å². The second kappa shape index (κ2) is 6.71. The average molecular weight is 413 g/mol. The van der Waals surface area contributed by atoms with Crippen LogP contribution in [-0.4, -0.2) is 27.1 Å². The Balaban J connectivity index is 1.39. The number of carboxylic acids is 1. The van der Waals surface area contributed by atoms with Crippen molar-refractivity contribution in [1.29, 1.82) is 5.26 Å². The first-order chi connectivity index (χ1) is 14.9. The number of carbonyl (C=O) groups excluding carboxylic acids is 1. The quantitative estimate of drug-likeness (QED) is 0.640. The van der Waals surface area contributed by atoms with Gasteiger partial charge in [0.05, 0.1) is 29.1 Å². The second-order valence-corrected chi connectivity index (χ2v) is 9.11. The van der Waals surface area contributed by atoms with Crippen LogP contribution in [0.4, 0.5) is 0 Å². The fourth-order valence-electron chi connectivity index (χ4n) is 5.67. The molecule has 2 N–H and O–H groups in total. The normalized spacial score (nSPS) is 25.9. The summed E-state index contributed by atoms with van der Waals surface area (Å²) in [5.41, 5.74) is 2.74. The van der Waals surface area contributed by atoms with Crippen molar-refractivity contribution in [2.75, 3.05) is 0 Å². The molecule has 3 aromatic rings. The molecule has 156 valence electrons. The molecule has 0 spiro atoms. The van der Waals surface area contributed by atoms with Gasteiger partial charge in [-0.2, -0.15) is 5.26 Å². The molecule has 3 aliphatic rings. The number of amides is 1. The molecule has 31 heavy (non-hydrogen) atoms. The molecule has 3 saturated carbocycles. The van der Waals surface area contributed by atoms with Crippen LogP contribution in [0.3, 0.4) is 0 Å². The van der Waals surface area contributed by atoms with E-state index in [0.29, 0.717) is 17.7 Å². The van der Waals surface area contributed by atoms with Crippen molar-refractivity contribution in [3.63, 3.8) is 0 Å². The van der Waals surface area contributed by atoms with Gasteiger partial charge in [0.1, 0.15) is 0 Å². The van der Waals surface area contributed by atoms with E-state index in [1.54, 1.807) is 12.1 Å². The molecular formula is C25H23N3O3. The Hall–Kier alpha value is -3.59.